The molecule has 2 aliphatic rings. The number of benzene rings is 2. The Morgan fingerprint density at radius 2 is 1.81 bits per heavy atom. The molecule has 1 saturated heterocycles. The Bertz CT molecular complexity index is 1350. The molecular formula is C23H24N4O5. The van der Waals surface area contributed by atoms with E-state index in [1.807, 2.05) is 11.0 Å². The van der Waals surface area contributed by atoms with Crippen molar-refractivity contribution in [1.82, 2.24) is 14.9 Å². The molecule has 5 rings (SSSR count). The van der Waals surface area contributed by atoms with Gasteiger partial charge in [-0.25, -0.2) is 9.97 Å². The van der Waals surface area contributed by atoms with Crippen LogP contribution in [0.1, 0.15) is 5.48 Å². The lowest BCUT2D eigenvalue weighted by atomic mass is 10.2. The van der Waals surface area contributed by atoms with Gasteiger partial charge in [-0.1, -0.05) is 12.1 Å². The van der Waals surface area contributed by atoms with Crippen LogP contribution in [-0.4, -0.2) is 73.9 Å². The van der Waals surface area contributed by atoms with Crippen molar-refractivity contribution in [2.45, 2.75) is 6.10 Å². The summed E-state index contributed by atoms with van der Waals surface area (Å²) in [5.41, 5.74) is 0.715. The molecule has 9 nitrogen and oxygen atoms in total. The third-order valence-electron chi connectivity index (χ3n) is 5.48. The van der Waals surface area contributed by atoms with Crippen LogP contribution in [0.15, 0.2) is 42.5 Å². The molecule has 2 aromatic carbocycles. The Kier molecular flexibility index (Phi) is 4.20. The van der Waals surface area contributed by atoms with Gasteiger partial charge in [0.05, 0.1) is 25.2 Å². The summed E-state index contributed by atoms with van der Waals surface area (Å²) in [7, 11) is 3.14. The van der Waals surface area contributed by atoms with E-state index in [1.165, 1.54) is 0 Å². The molecule has 166 valence electrons. The van der Waals surface area contributed by atoms with E-state index in [2.05, 4.69) is 9.97 Å². The number of carbonyl (C=O) groups is 1. The summed E-state index contributed by atoms with van der Waals surface area (Å²) in [4.78, 5) is 25.9. The molecular weight excluding hydrogens is 412 g/mol. The predicted molar refractivity (Wildman–Crippen MR) is 118 cm³/mol. The van der Waals surface area contributed by atoms with E-state index in [-0.39, 0.29) is 36.1 Å². The Morgan fingerprint density at radius 3 is 2.56 bits per heavy atom. The van der Waals surface area contributed by atoms with Crippen LogP contribution < -0.4 is 23.8 Å². The van der Waals surface area contributed by atoms with E-state index in [0.717, 1.165) is 5.39 Å². The number of anilines is 1. The van der Waals surface area contributed by atoms with Crippen molar-refractivity contribution < 1.29 is 29.2 Å². The van der Waals surface area contributed by atoms with Crippen molar-refractivity contribution in [3.63, 3.8) is 0 Å². The maximum Gasteiger partial charge on any atom is 0.267 e. The quantitative estimate of drug-likeness (QED) is 0.610. The van der Waals surface area contributed by atoms with Crippen LogP contribution in [0.5, 0.6) is 23.0 Å². The van der Waals surface area contributed by atoms with E-state index in [0.29, 0.717) is 49.1 Å². The monoisotopic (exact) mass is 440 g/mol. The van der Waals surface area contributed by atoms with Crippen LogP contribution in [0.25, 0.3) is 10.9 Å². The van der Waals surface area contributed by atoms with E-state index in [9.17, 15) is 4.79 Å². The van der Waals surface area contributed by atoms with Crippen molar-refractivity contribution in [3.05, 3.63) is 42.5 Å². The molecule has 0 spiro atoms. The van der Waals surface area contributed by atoms with Crippen molar-refractivity contribution in [2.75, 3.05) is 51.9 Å². The standard InChI is InChI=1S/C23H24N4O5/c1-29-19-11-15-13-24-23(25-16(15)12-20(19)30-2)27-9-7-26(8-10-27)22(28)21-14-31-17-5-3-4-6-18(17)32-21/h3-6,11-13,21H,7-10,14H2,1-2H3/i3D,4D,5D,6D. The molecule has 1 amide bonds. The molecule has 2 aliphatic heterocycles. The number of methoxy groups -OCH3 is 2. The van der Waals surface area contributed by atoms with Crippen LogP contribution in [0.4, 0.5) is 5.95 Å². The van der Waals surface area contributed by atoms with Gasteiger partial charge in [-0.3, -0.25) is 4.79 Å². The van der Waals surface area contributed by atoms with Crippen LogP contribution in [0, 0.1) is 0 Å². The lowest BCUT2D eigenvalue weighted by Gasteiger charge is -2.37. The lowest BCUT2D eigenvalue weighted by Crippen LogP contribution is -2.54. The normalized spacial score (nSPS) is 19.6. The molecule has 1 atom stereocenters. The summed E-state index contributed by atoms with van der Waals surface area (Å²) >= 11 is 0. The van der Waals surface area contributed by atoms with E-state index < -0.39 is 18.2 Å². The molecule has 32 heavy (non-hydrogen) atoms. The number of rotatable bonds is 4. The molecule has 3 heterocycles. The number of ether oxygens (including phenoxy) is 4. The topological polar surface area (TPSA) is 86.3 Å². The van der Waals surface area contributed by atoms with E-state index in [4.69, 9.17) is 24.4 Å². The molecule has 0 aliphatic carbocycles. The van der Waals surface area contributed by atoms with Gasteiger partial charge in [0.15, 0.2) is 23.0 Å². The Hall–Kier alpha value is -3.75. The summed E-state index contributed by atoms with van der Waals surface area (Å²) in [6, 6.07) is 2.09. The zero-order valence-electron chi connectivity index (χ0n) is 21.7. The number of piperazine rings is 1. The minimum atomic E-state index is -0.997. The molecule has 1 unspecified atom stereocenters. The first-order chi connectivity index (χ1) is 17.3. The number of para-hydroxylation sites is 2. The van der Waals surface area contributed by atoms with Crippen LogP contribution in [0.2, 0.25) is 0 Å². The van der Waals surface area contributed by atoms with Crippen molar-refractivity contribution in [3.8, 4) is 23.0 Å². The summed E-state index contributed by atoms with van der Waals surface area (Å²) in [5, 5.41) is 0.818. The van der Waals surface area contributed by atoms with Gasteiger partial charge in [0, 0.05) is 43.8 Å². The van der Waals surface area contributed by atoms with Gasteiger partial charge in [0.25, 0.3) is 5.91 Å². The maximum absolute atomic E-state index is 13.1. The van der Waals surface area contributed by atoms with Gasteiger partial charge in [-0.2, -0.15) is 0 Å². The molecule has 0 bridgehead atoms. The van der Waals surface area contributed by atoms with Crippen LogP contribution in [-0.2, 0) is 4.79 Å². The number of hydrogen-bond donors (Lipinski definition) is 0. The van der Waals surface area contributed by atoms with Crippen molar-refractivity contribution in [1.29, 1.82) is 0 Å². The van der Waals surface area contributed by atoms with E-state index >= 15 is 0 Å². The summed E-state index contributed by atoms with van der Waals surface area (Å²) in [5.74, 6) is 1.21. The molecule has 9 heteroatoms. The van der Waals surface area contributed by atoms with Gasteiger partial charge in [0.1, 0.15) is 6.61 Å². The zero-order chi connectivity index (χ0) is 25.6. The molecule has 0 radical (unpaired) electrons. The minimum Gasteiger partial charge on any atom is -0.493 e. The van der Waals surface area contributed by atoms with E-state index in [1.54, 1.807) is 31.4 Å². The first-order valence-electron chi connectivity index (χ1n) is 12.1. The van der Waals surface area contributed by atoms with Gasteiger partial charge in [0.2, 0.25) is 12.1 Å². The second-order valence-electron chi connectivity index (χ2n) is 7.32. The number of nitrogens with zero attached hydrogens (tertiary/aromatic N) is 4. The lowest BCUT2D eigenvalue weighted by molar-refractivity contribution is -0.141. The van der Waals surface area contributed by atoms with Crippen molar-refractivity contribution >= 4 is 22.8 Å². The van der Waals surface area contributed by atoms with Gasteiger partial charge >= 0.3 is 0 Å². The van der Waals surface area contributed by atoms with Gasteiger partial charge < -0.3 is 28.7 Å². The molecule has 1 fully saturated rings. The highest BCUT2D eigenvalue weighted by atomic mass is 16.6. The zero-order valence-corrected chi connectivity index (χ0v) is 17.7. The molecule has 0 N–H and O–H groups in total. The number of fused-ring (bicyclic) bond motifs is 2. The highest BCUT2D eigenvalue weighted by Crippen LogP contribution is 2.33. The first-order valence-corrected chi connectivity index (χ1v) is 10.1. The molecule has 0 saturated carbocycles. The fourth-order valence-electron chi connectivity index (χ4n) is 3.76. The highest BCUT2D eigenvalue weighted by molar-refractivity contribution is 5.83. The molecule has 3 aromatic rings. The number of hydrogen-bond acceptors (Lipinski definition) is 8. The number of carbonyl (C=O) groups excluding carboxylic acids is 1. The van der Waals surface area contributed by atoms with Crippen LogP contribution in [0.3, 0.4) is 0 Å². The molecule has 1 aromatic heterocycles. The number of aromatic nitrogens is 2. The van der Waals surface area contributed by atoms with Gasteiger partial charge in [-0.05, 0) is 18.2 Å². The third kappa shape index (κ3) is 3.70. The SMILES string of the molecule is [2H]c1c([2H])c([2H])c2c(c1[2H])OCC(C(=O)N1CCN(c3ncc4cc(OC)c(OC)cc4n3)CC1)O2. The fraction of sp³-hybridized carbons (Fsp3) is 0.348. The summed E-state index contributed by atoms with van der Waals surface area (Å²) in [6.45, 7) is 1.70. The average Bonchev–Trinajstić information content (AvgIpc) is 2.93. The van der Waals surface area contributed by atoms with Gasteiger partial charge in [-0.15, -0.1) is 0 Å². The Balaban J connectivity index is 1.27. The minimum absolute atomic E-state index is 0.0717. The second-order valence-corrected chi connectivity index (χ2v) is 7.32. The smallest absolute Gasteiger partial charge is 0.267 e. The second kappa shape index (κ2) is 8.41. The Labute approximate surface area is 191 Å². The maximum atomic E-state index is 13.1. The first kappa shape index (κ1) is 16.0. The predicted octanol–water partition coefficient (Wildman–Crippen LogP) is 2.14. The Morgan fingerprint density at radius 1 is 1.09 bits per heavy atom. The fourth-order valence-corrected chi connectivity index (χ4v) is 3.76. The summed E-state index contributed by atoms with van der Waals surface area (Å²) in [6.07, 6.45) is 0.729. The number of amides is 1. The van der Waals surface area contributed by atoms with Crippen molar-refractivity contribution in [2.24, 2.45) is 0 Å². The van der Waals surface area contributed by atoms with Crippen LogP contribution >= 0.6 is 0 Å². The third-order valence-corrected chi connectivity index (χ3v) is 5.48. The average molecular weight is 440 g/mol. The largest absolute Gasteiger partial charge is 0.493 e. The summed E-state index contributed by atoms with van der Waals surface area (Å²) < 4.78 is 53.5. The highest BCUT2D eigenvalue weighted by Gasteiger charge is 2.33.